The van der Waals surface area contributed by atoms with Crippen molar-refractivity contribution in [2.75, 3.05) is 44.8 Å². The zero-order valence-corrected chi connectivity index (χ0v) is 27.3. The zero-order chi connectivity index (χ0) is 31.9. The van der Waals surface area contributed by atoms with Gasteiger partial charge in [0.05, 0.1) is 0 Å². The minimum atomic E-state index is -0.287. The van der Waals surface area contributed by atoms with Crippen LogP contribution in [0.3, 0.4) is 0 Å². The number of likely N-dealkylation sites (tertiary alicyclic amines) is 1. The molecule has 1 aromatic heterocycles. The van der Waals surface area contributed by atoms with Gasteiger partial charge in [0.25, 0.3) is 11.5 Å². The molecule has 8 nitrogen and oxygen atoms in total. The summed E-state index contributed by atoms with van der Waals surface area (Å²) in [5, 5.41) is 3.04. The van der Waals surface area contributed by atoms with Gasteiger partial charge in [-0.25, -0.2) is 0 Å². The number of anilines is 1. The predicted octanol–water partition coefficient (Wildman–Crippen LogP) is 5.35. The first-order valence-corrected chi connectivity index (χ1v) is 16.4. The molecule has 3 aliphatic rings. The SMILES string of the molecule is CCN(c1cc(-c2ccc3c(c2)C(=O)C2(CCN(C)CC2)C3)cc(C(=O)NCc2c(C)cc(C)[nH]c2=O)c1C)C1CCOCC1. The summed E-state index contributed by atoms with van der Waals surface area (Å²) in [4.78, 5) is 48.0. The number of benzene rings is 2. The summed E-state index contributed by atoms with van der Waals surface area (Å²) in [6.07, 6.45) is 4.46. The second-order valence-corrected chi connectivity index (χ2v) is 13.4. The third kappa shape index (κ3) is 5.98. The Kier molecular flexibility index (Phi) is 8.72. The Bertz CT molecular complexity index is 1680. The van der Waals surface area contributed by atoms with Crippen LogP contribution in [0.5, 0.6) is 0 Å². The Balaban J connectivity index is 1.38. The van der Waals surface area contributed by atoms with E-state index in [1.165, 1.54) is 0 Å². The van der Waals surface area contributed by atoms with Gasteiger partial charge in [0.1, 0.15) is 0 Å². The fourth-order valence-electron chi connectivity index (χ4n) is 7.69. The third-order valence-electron chi connectivity index (χ3n) is 10.5. The van der Waals surface area contributed by atoms with Gasteiger partial charge in [0.15, 0.2) is 5.78 Å². The Morgan fingerprint density at radius 3 is 2.47 bits per heavy atom. The summed E-state index contributed by atoms with van der Waals surface area (Å²) in [7, 11) is 2.13. The summed E-state index contributed by atoms with van der Waals surface area (Å²) in [6.45, 7) is 12.2. The number of ether oxygens (including phenoxy) is 1. The van der Waals surface area contributed by atoms with E-state index in [1.807, 2.05) is 32.9 Å². The van der Waals surface area contributed by atoms with E-state index < -0.39 is 0 Å². The minimum Gasteiger partial charge on any atom is -0.381 e. The number of rotatable bonds is 7. The molecule has 3 aromatic rings. The van der Waals surface area contributed by atoms with Crippen LogP contribution in [-0.2, 0) is 17.7 Å². The van der Waals surface area contributed by atoms with Gasteiger partial charge < -0.3 is 24.8 Å². The molecule has 1 amide bonds. The van der Waals surface area contributed by atoms with E-state index in [2.05, 4.69) is 58.3 Å². The highest BCUT2D eigenvalue weighted by molar-refractivity contribution is 6.06. The van der Waals surface area contributed by atoms with Gasteiger partial charge in [-0.2, -0.15) is 0 Å². The van der Waals surface area contributed by atoms with Crippen molar-refractivity contribution in [2.45, 2.75) is 72.4 Å². The Labute approximate surface area is 266 Å². The maximum atomic E-state index is 13.9. The van der Waals surface area contributed by atoms with E-state index in [0.717, 1.165) is 110 Å². The molecule has 0 radical (unpaired) electrons. The van der Waals surface area contributed by atoms with Gasteiger partial charge in [-0.3, -0.25) is 14.4 Å². The number of hydrogen-bond donors (Lipinski definition) is 2. The summed E-state index contributed by atoms with van der Waals surface area (Å²) in [5.74, 6) is 0.0503. The molecule has 45 heavy (non-hydrogen) atoms. The highest BCUT2D eigenvalue weighted by Gasteiger charge is 2.46. The van der Waals surface area contributed by atoms with Gasteiger partial charge in [0, 0.05) is 65.8 Å². The van der Waals surface area contributed by atoms with Crippen LogP contribution >= 0.6 is 0 Å². The first-order valence-electron chi connectivity index (χ1n) is 16.4. The number of piperidine rings is 1. The standard InChI is InChI=1S/C37H46N4O4/c1-6-41(29-9-15-45-16-10-29)33-20-28(19-30(25(33)4)35(43)38-22-32-23(2)17-24(3)39-36(32)44)26-7-8-27-21-37(34(42)31(27)18-26)11-13-40(5)14-12-37/h7-8,17-20,29H,6,9-16,21-22H2,1-5H3,(H,38,43)(H,39,44). The second-order valence-electron chi connectivity index (χ2n) is 13.4. The molecule has 2 aromatic carbocycles. The molecule has 1 spiro atoms. The van der Waals surface area contributed by atoms with E-state index in [1.54, 1.807) is 0 Å². The van der Waals surface area contributed by atoms with Crippen molar-refractivity contribution < 1.29 is 14.3 Å². The number of carbonyl (C=O) groups is 2. The van der Waals surface area contributed by atoms with Crippen LogP contribution in [0.15, 0.2) is 41.2 Å². The predicted molar refractivity (Wildman–Crippen MR) is 178 cm³/mol. The van der Waals surface area contributed by atoms with Crippen molar-refractivity contribution in [3.05, 3.63) is 85.8 Å². The van der Waals surface area contributed by atoms with Gasteiger partial charge in [-0.05, 0) is 132 Å². The number of aromatic amines is 1. The van der Waals surface area contributed by atoms with Gasteiger partial charge >= 0.3 is 0 Å². The smallest absolute Gasteiger partial charge is 0.253 e. The molecule has 3 heterocycles. The monoisotopic (exact) mass is 610 g/mol. The van der Waals surface area contributed by atoms with Crippen LogP contribution in [-0.4, -0.2) is 67.5 Å². The average molecular weight is 611 g/mol. The Morgan fingerprint density at radius 2 is 1.78 bits per heavy atom. The number of nitrogens with one attached hydrogen (secondary N) is 2. The molecule has 0 unspecified atom stereocenters. The number of fused-ring (bicyclic) bond motifs is 1. The molecule has 0 bridgehead atoms. The lowest BCUT2D eigenvalue weighted by Gasteiger charge is -2.37. The number of hydrogen-bond acceptors (Lipinski definition) is 6. The fourth-order valence-corrected chi connectivity index (χ4v) is 7.69. The Hall–Kier alpha value is -3.75. The van der Waals surface area contributed by atoms with Crippen molar-refractivity contribution >= 4 is 17.4 Å². The molecule has 0 atom stereocenters. The van der Waals surface area contributed by atoms with Crippen LogP contribution in [0, 0.1) is 26.2 Å². The number of carbonyl (C=O) groups excluding carboxylic acids is 2. The number of pyridine rings is 1. The second kappa shape index (κ2) is 12.6. The lowest BCUT2D eigenvalue weighted by atomic mass is 9.75. The van der Waals surface area contributed by atoms with Gasteiger partial charge in [-0.1, -0.05) is 12.1 Å². The molecule has 6 rings (SSSR count). The van der Waals surface area contributed by atoms with Gasteiger partial charge in [0.2, 0.25) is 0 Å². The molecular weight excluding hydrogens is 564 g/mol. The maximum absolute atomic E-state index is 13.9. The van der Waals surface area contributed by atoms with Crippen molar-refractivity contribution in [1.82, 2.24) is 15.2 Å². The summed E-state index contributed by atoms with van der Waals surface area (Å²) in [5.41, 5.74) is 8.06. The highest BCUT2D eigenvalue weighted by Crippen LogP contribution is 2.45. The Morgan fingerprint density at radius 1 is 1.04 bits per heavy atom. The molecule has 8 heteroatoms. The number of Topliss-reactive ketones (excluding diaryl/α,β-unsaturated/α-hetero) is 1. The summed E-state index contributed by atoms with van der Waals surface area (Å²) < 4.78 is 5.67. The first kappa shape index (κ1) is 31.2. The molecule has 2 fully saturated rings. The summed E-state index contributed by atoms with van der Waals surface area (Å²) >= 11 is 0. The highest BCUT2D eigenvalue weighted by atomic mass is 16.5. The van der Waals surface area contributed by atoms with Crippen LogP contribution in [0.25, 0.3) is 11.1 Å². The third-order valence-corrected chi connectivity index (χ3v) is 10.5. The number of amides is 1. The summed E-state index contributed by atoms with van der Waals surface area (Å²) in [6, 6.07) is 12.7. The number of aromatic nitrogens is 1. The molecule has 238 valence electrons. The largest absolute Gasteiger partial charge is 0.381 e. The normalized spacial score (nSPS) is 18.3. The molecule has 2 saturated heterocycles. The lowest BCUT2D eigenvalue weighted by molar-refractivity contribution is 0.0670. The van der Waals surface area contributed by atoms with E-state index >= 15 is 0 Å². The molecule has 2 aliphatic heterocycles. The van der Waals surface area contributed by atoms with Crippen LogP contribution in [0.4, 0.5) is 5.69 Å². The molecular formula is C37H46N4O4. The number of nitrogens with zero attached hydrogens (tertiary/aromatic N) is 2. The lowest BCUT2D eigenvalue weighted by Crippen LogP contribution is -2.41. The van der Waals surface area contributed by atoms with Gasteiger partial charge in [-0.15, -0.1) is 0 Å². The van der Waals surface area contributed by atoms with E-state index in [4.69, 9.17) is 4.74 Å². The van der Waals surface area contributed by atoms with Crippen molar-refractivity contribution in [3.8, 4) is 11.1 Å². The van der Waals surface area contributed by atoms with Crippen molar-refractivity contribution in [2.24, 2.45) is 5.41 Å². The van der Waals surface area contributed by atoms with Crippen molar-refractivity contribution in [1.29, 1.82) is 0 Å². The number of H-pyrrole nitrogens is 1. The number of aryl methyl sites for hydroxylation is 2. The van der Waals surface area contributed by atoms with Crippen molar-refractivity contribution in [3.63, 3.8) is 0 Å². The zero-order valence-electron chi connectivity index (χ0n) is 27.3. The van der Waals surface area contributed by atoms with Crippen LogP contribution < -0.4 is 15.8 Å². The fraction of sp³-hybridized carbons (Fsp3) is 0.486. The molecule has 0 saturated carbocycles. The number of ketones is 1. The maximum Gasteiger partial charge on any atom is 0.253 e. The van der Waals surface area contributed by atoms with Crippen LogP contribution in [0.1, 0.15) is 81.3 Å². The van der Waals surface area contributed by atoms with E-state index in [9.17, 15) is 14.4 Å². The molecule has 1 aliphatic carbocycles. The van der Waals surface area contributed by atoms with E-state index in [0.29, 0.717) is 17.2 Å². The minimum absolute atomic E-state index is 0.140. The van der Waals surface area contributed by atoms with E-state index in [-0.39, 0.29) is 29.2 Å². The average Bonchev–Trinajstić information content (AvgIpc) is 3.29. The van der Waals surface area contributed by atoms with Crippen LogP contribution in [0.2, 0.25) is 0 Å². The quantitative estimate of drug-likeness (QED) is 0.375. The molecule has 2 N–H and O–H groups in total. The topological polar surface area (TPSA) is 94.7 Å². The first-order chi connectivity index (χ1) is 21.6.